The van der Waals surface area contributed by atoms with E-state index in [0.717, 1.165) is 0 Å². The highest BCUT2D eigenvalue weighted by Crippen LogP contribution is 2.25. The lowest BCUT2D eigenvalue weighted by Gasteiger charge is -2.23. The first kappa shape index (κ1) is 12.0. The molecule has 1 saturated heterocycles. The van der Waals surface area contributed by atoms with Gasteiger partial charge in [0.15, 0.2) is 0 Å². The zero-order chi connectivity index (χ0) is 11.4. The third-order valence-electron chi connectivity index (χ3n) is 2.83. The molecule has 2 atom stereocenters. The molecule has 1 aliphatic heterocycles. The molecule has 1 aliphatic rings. The van der Waals surface area contributed by atoms with Gasteiger partial charge in [0, 0.05) is 26.1 Å². The van der Waals surface area contributed by atoms with Crippen molar-refractivity contribution in [2.45, 2.75) is 19.4 Å². The summed E-state index contributed by atoms with van der Waals surface area (Å²) in [5.74, 6) is -0.648. The summed E-state index contributed by atoms with van der Waals surface area (Å²) in [4.78, 5) is 24.6. The fourth-order valence-electron chi connectivity index (χ4n) is 1.87. The highest BCUT2D eigenvalue weighted by atomic mass is 16.5. The molecule has 0 N–H and O–H groups in total. The van der Waals surface area contributed by atoms with Gasteiger partial charge in [0.25, 0.3) is 0 Å². The van der Waals surface area contributed by atoms with Crippen molar-refractivity contribution in [2.24, 2.45) is 5.92 Å². The van der Waals surface area contributed by atoms with Crippen LogP contribution in [-0.2, 0) is 19.1 Å². The normalized spacial score (nSPS) is 25.8. The fourth-order valence-corrected chi connectivity index (χ4v) is 1.87. The number of nitrogens with zero attached hydrogens (tertiary/aromatic N) is 1. The van der Waals surface area contributed by atoms with Gasteiger partial charge in [-0.1, -0.05) is 0 Å². The molecular formula is C10H17NO4. The zero-order valence-corrected chi connectivity index (χ0v) is 9.36. The van der Waals surface area contributed by atoms with Gasteiger partial charge in [-0.2, -0.15) is 0 Å². The summed E-state index contributed by atoms with van der Waals surface area (Å²) in [5, 5.41) is 0. The first-order valence-corrected chi connectivity index (χ1v) is 4.98. The molecule has 0 aromatic heterocycles. The second-order valence-corrected chi connectivity index (χ2v) is 3.65. The summed E-state index contributed by atoms with van der Waals surface area (Å²) < 4.78 is 9.57. The lowest BCUT2D eigenvalue weighted by atomic mass is 10.0. The Balaban J connectivity index is 2.61. The predicted octanol–water partition coefficient (Wildman–Crippen LogP) is 0.0428. The third kappa shape index (κ3) is 2.47. The number of amides is 1. The van der Waals surface area contributed by atoms with Gasteiger partial charge in [-0.25, -0.2) is 0 Å². The average Bonchev–Trinajstić information content (AvgIpc) is 2.51. The minimum Gasteiger partial charge on any atom is -0.469 e. The topological polar surface area (TPSA) is 55.8 Å². The molecule has 0 radical (unpaired) electrons. The van der Waals surface area contributed by atoms with Crippen LogP contribution < -0.4 is 0 Å². The Hall–Kier alpha value is -1.10. The van der Waals surface area contributed by atoms with Crippen molar-refractivity contribution in [3.8, 4) is 0 Å². The van der Waals surface area contributed by atoms with E-state index in [2.05, 4.69) is 4.74 Å². The van der Waals surface area contributed by atoms with Crippen LogP contribution in [0.2, 0.25) is 0 Å². The van der Waals surface area contributed by atoms with Gasteiger partial charge in [-0.15, -0.1) is 0 Å². The molecule has 5 heteroatoms. The minimum atomic E-state index is -0.334. The van der Waals surface area contributed by atoms with Crippen LogP contribution in [0.15, 0.2) is 0 Å². The number of carbonyl (C=O) groups excluding carboxylic acids is 2. The van der Waals surface area contributed by atoms with Crippen molar-refractivity contribution < 1.29 is 19.1 Å². The summed E-state index contributed by atoms with van der Waals surface area (Å²) in [5.41, 5.74) is 0. The monoisotopic (exact) mass is 215 g/mol. The molecule has 1 heterocycles. The Bertz CT molecular complexity index is 254. The number of methoxy groups -OCH3 is 2. The highest BCUT2D eigenvalue weighted by molar-refractivity contribution is 5.87. The van der Waals surface area contributed by atoms with Crippen LogP contribution in [0.4, 0.5) is 0 Å². The molecule has 0 bridgehead atoms. The van der Waals surface area contributed by atoms with Crippen LogP contribution in [0.3, 0.4) is 0 Å². The van der Waals surface area contributed by atoms with Gasteiger partial charge in [0.05, 0.1) is 19.6 Å². The van der Waals surface area contributed by atoms with E-state index in [4.69, 9.17) is 4.74 Å². The van der Waals surface area contributed by atoms with E-state index in [1.54, 1.807) is 12.0 Å². The number of hydrogen-bond acceptors (Lipinski definition) is 4. The van der Waals surface area contributed by atoms with Gasteiger partial charge in [-0.05, 0) is 6.92 Å². The summed E-state index contributed by atoms with van der Waals surface area (Å²) in [7, 11) is 2.93. The van der Waals surface area contributed by atoms with Gasteiger partial charge in [0.2, 0.25) is 5.91 Å². The molecule has 0 aromatic carbocycles. The Kier molecular flexibility index (Phi) is 4.08. The van der Waals surface area contributed by atoms with Crippen LogP contribution in [-0.4, -0.2) is 50.2 Å². The molecule has 0 aliphatic carbocycles. The van der Waals surface area contributed by atoms with E-state index in [1.807, 2.05) is 6.92 Å². The zero-order valence-electron chi connectivity index (χ0n) is 9.36. The number of esters is 1. The molecule has 1 rings (SSSR count). The Morgan fingerprint density at radius 3 is 2.73 bits per heavy atom. The van der Waals surface area contributed by atoms with E-state index < -0.39 is 0 Å². The average molecular weight is 215 g/mol. The van der Waals surface area contributed by atoms with Crippen LogP contribution >= 0.6 is 0 Å². The van der Waals surface area contributed by atoms with Crippen molar-refractivity contribution in [1.82, 2.24) is 4.90 Å². The lowest BCUT2D eigenvalue weighted by molar-refractivity contribution is -0.146. The smallest absolute Gasteiger partial charge is 0.311 e. The van der Waals surface area contributed by atoms with Crippen LogP contribution in [0.25, 0.3) is 0 Å². The first-order valence-electron chi connectivity index (χ1n) is 4.98. The quantitative estimate of drug-likeness (QED) is 0.621. The lowest BCUT2D eigenvalue weighted by Crippen LogP contribution is -2.37. The maximum atomic E-state index is 11.6. The van der Waals surface area contributed by atoms with Crippen molar-refractivity contribution in [2.75, 3.05) is 27.4 Å². The SMILES string of the molecule is COCCN1C(=O)CC(C(=O)OC)C1C. The molecular weight excluding hydrogens is 198 g/mol. The Morgan fingerprint density at radius 1 is 1.53 bits per heavy atom. The van der Waals surface area contributed by atoms with Crippen molar-refractivity contribution in [1.29, 1.82) is 0 Å². The fraction of sp³-hybridized carbons (Fsp3) is 0.800. The molecule has 2 unspecified atom stereocenters. The maximum absolute atomic E-state index is 11.6. The molecule has 0 aromatic rings. The second kappa shape index (κ2) is 5.11. The second-order valence-electron chi connectivity index (χ2n) is 3.65. The highest BCUT2D eigenvalue weighted by Gasteiger charge is 2.41. The standard InChI is InChI=1S/C10H17NO4/c1-7-8(10(13)15-3)6-9(12)11(7)4-5-14-2/h7-8H,4-6H2,1-3H3. The van der Waals surface area contributed by atoms with Gasteiger partial charge in [0.1, 0.15) is 0 Å². The third-order valence-corrected chi connectivity index (χ3v) is 2.83. The van der Waals surface area contributed by atoms with Crippen molar-refractivity contribution in [3.63, 3.8) is 0 Å². The molecule has 1 amide bonds. The van der Waals surface area contributed by atoms with Gasteiger partial charge >= 0.3 is 5.97 Å². The number of hydrogen-bond donors (Lipinski definition) is 0. The van der Waals surface area contributed by atoms with E-state index in [1.165, 1.54) is 7.11 Å². The first-order chi connectivity index (χ1) is 7.11. The molecule has 1 fully saturated rings. The van der Waals surface area contributed by atoms with Gasteiger partial charge in [-0.3, -0.25) is 9.59 Å². The minimum absolute atomic E-state index is 0.00468. The Morgan fingerprint density at radius 2 is 2.20 bits per heavy atom. The summed E-state index contributed by atoms with van der Waals surface area (Å²) in [6.07, 6.45) is 0.248. The summed E-state index contributed by atoms with van der Waals surface area (Å²) >= 11 is 0. The van der Waals surface area contributed by atoms with Crippen LogP contribution in [0.1, 0.15) is 13.3 Å². The van der Waals surface area contributed by atoms with Crippen LogP contribution in [0, 0.1) is 5.92 Å². The molecule has 86 valence electrons. The molecule has 0 saturated carbocycles. The summed E-state index contributed by atoms with van der Waals surface area (Å²) in [6, 6.07) is -0.0971. The van der Waals surface area contributed by atoms with E-state index >= 15 is 0 Å². The Labute approximate surface area is 89.3 Å². The van der Waals surface area contributed by atoms with Crippen molar-refractivity contribution in [3.05, 3.63) is 0 Å². The number of ether oxygens (including phenoxy) is 2. The largest absolute Gasteiger partial charge is 0.469 e. The summed E-state index contributed by atoms with van der Waals surface area (Å²) in [6.45, 7) is 2.89. The molecule has 15 heavy (non-hydrogen) atoms. The van der Waals surface area contributed by atoms with E-state index in [9.17, 15) is 9.59 Å². The molecule has 5 nitrogen and oxygen atoms in total. The van der Waals surface area contributed by atoms with Crippen LogP contribution in [0.5, 0.6) is 0 Å². The number of carbonyl (C=O) groups is 2. The number of rotatable bonds is 4. The van der Waals surface area contributed by atoms with Gasteiger partial charge < -0.3 is 14.4 Å². The van der Waals surface area contributed by atoms with E-state index in [-0.39, 0.29) is 30.3 Å². The van der Waals surface area contributed by atoms with E-state index in [0.29, 0.717) is 13.2 Å². The molecule has 0 spiro atoms. The maximum Gasteiger partial charge on any atom is 0.311 e. The van der Waals surface area contributed by atoms with Crippen molar-refractivity contribution >= 4 is 11.9 Å². The number of likely N-dealkylation sites (tertiary alicyclic amines) is 1. The predicted molar refractivity (Wildman–Crippen MR) is 53.2 cm³/mol.